The van der Waals surface area contributed by atoms with Gasteiger partial charge in [0.05, 0.1) is 22.2 Å². The van der Waals surface area contributed by atoms with Gasteiger partial charge in [0.1, 0.15) is 35.3 Å². The van der Waals surface area contributed by atoms with Gasteiger partial charge in [0.15, 0.2) is 11.6 Å². The van der Waals surface area contributed by atoms with Crippen LogP contribution < -0.4 is 9.80 Å². The summed E-state index contributed by atoms with van der Waals surface area (Å²) in [6, 6.07) is 26.3. The molecule has 2 amide bonds. The number of aliphatic hydroxyl groups is 2. The molecule has 0 bridgehead atoms. The van der Waals surface area contributed by atoms with Gasteiger partial charge in [-0.3, -0.25) is 9.59 Å². The van der Waals surface area contributed by atoms with Gasteiger partial charge >= 0.3 is 0 Å². The molecule has 14 nitrogen and oxygen atoms in total. The molecular weight excluding hydrogens is 868 g/mol. The zero-order valence-electron chi connectivity index (χ0n) is 39.9. The quantitative estimate of drug-likeness (QED) is 0.116. The standard InChI is InChI=1S/2C26H32N4O3.ClH/c2*1-17-9-10-18-20(15-17)27-23(19-7-5-6-8-21(19)31)28-24(18)29-11-13-30(14-12-29)25(33)22(32)16-26(2,3)4;/h2*5-10,15,22,31-32H,11-14,16H2,1-4H3;1H/t2*22-;/m11./s1. The van der Waals surface area contributed by atoms with Crippen molar-refractivity contribution in [1.82, 2.24) is 29.7 Å². The van der Waals surface area contributed by atoms with Gasteiger partial charge in [0.25, 0.3) is 11.8 Å². The Hall–Kier alpha value is -6.09. The minimum absolute atomic E-state index is 0. The highest BCUT2D eigenvalue weighted by atomic mass is 35.5. The number of benzene rings is 4. The van der Waals surface area contributed by atoms with Crippen LogP contribution in [0.4, 0.5) is 11.6 Å². The summed E-state index contributed by atoms with van der Waals surface area (Å²) >= 11 is 0. The van der Waals surface area contributed by atoms with E-state index in [0.29, 0.717) is 88.0 Å². The van der Waals surface area contributed by atoms with Crippen molar-refractivity contribution in [1.29, 1.82) is 0 Å². The summed E-state index contributed by atoms with van der Waals surface area (Å²) in [6.45, 7) is 20.7. The first-order valence-corrected chi connectivity index (χ1v) is 22.8. The Bertz CT molecular complexity index is 2520. The predicted octanol–water partition coefficient (Wildman–Crippen LogP) is 7.93. The number of phenols is 2. The van der Waals surface area contributed by atoms with Crippen LogP contribution in [-0.4, -0.2) is 127 Å². The van der Waals surface area contributed by atoms with E-state index in [0.717, 1.165) is 44.6 Å². The maximum absolute atomic E-state index is 12.7. The molecule has 4 N–H and O–H groups in total. The summed E-state index contributed by atoms with van der Waals surface area (Å²) in [6.07, 6.45) is -1.09. The second-order valence-electron chi connectivity index (χ2n) is 20.0. The lowest BCUT2D eigenvalue weighted by molar-refractivity contribution is -0.142. The molecule has 2 atom stereocenters. The Morgan fingerprint density at radius 2 is 0.881 bits per heavy atom. The zero-order chi connectivity index (χ0) is 47.5. The number of carbonyl (C=O) groups excluding carboxylic acids is 2. The van der Waals surface area contributed by atoms with Crippen LogP contribution in [0.15, 0.2) is 84.9 Å². The van der Waals surface area contributed by atoms with Crippen LogP contribution in [0.2, 0.25) is 0 Å². The number of halogens is 1. The van der Waals surface area contributed by atoms with Crippen molar-refractivity contribution in [2.45, 2.75) is 80.4 Å². The number of para-hydroxylation sites is 2. The van der Waals surface area contributed by atoms with Crippen LogP contribution in [0.1, 0.15) is 65.5 Å². The molecular formula is C52H65ClN8O6. The molecule has 8 rings (SSSR count). The number of nitrogens with zero attached hydrogens (tertiary/aromatic N) is 8. The van der Waals surface area contributed by atoms with E-state index >= 15 is 0 Å². The Morgan fingerprint density at radius 3 is 1.21 bits per heavy atom. The van der Waals surface area contributed by atoms with Gasteiger partial charge in [0.2, 0.25) is 0 Å². The van der Waals surface area contributed by atoms with E-state index in [-0.39, 0.29) is 46.6 Å². The average molecular weight is 934 g/mol. The summed E-state index contributed by atoms with van der Waals surface area (Å²) in [5.74, 6) is 2.39. The minimum atomic E-state index is -0.980. The number of aromatic nitrogens is 4. The van der Waals surface area contributed by atoms with Crippen molar-refractivity contribution in [2.24, 2.45) is 10.8 Å². The fourth-order valence-electron chi connectivity index (χ4n) is 8.53. The van der Waals surface area contributed by atoms with Crippen LogP contribution in [0.5, 0.6) is 11.5 Å². The Labute approximate surface area is 399 Å². The summed E-state index contributed by atoms with van der Waals surface area (Å²) in [7, 11) is 0. The van der Waals surface area contributed by atoms with Crippen molar-refractivity contribution in [3.63, 3.8) is 0 Å². The highest BCUT2D eigenvalue weighted by molar-refractivity contribution is 5.93. The fourth-order valence-corrected chi connectivity index (χ4v) is 8.53. The molecule has 4 heterocycles. The number of aryl methyl sites for hydroxylation is 2. The van der Waals surface area contributed by atoms with Crippen LogP contribution in [0.25, 0.3) is 44.6 Å². The molecule has 2 aliphatic heterocycles. The minimum Gasteiger partial charge on any atom is -0.507 e. The molecule has 0 spiro atoms. The van der Waals surface area contributed by atoms with Crippen molar-refractivity contribution in [3.05, 3.63) is 96.1 Å². The molecule has 0 radical (unpaired) electrons. The number of piperazine rings is 2. The lowest BCUT2D eigenvalue weighted by Crippen LogP contribution is -2.52. The average Bonchev–Trinajstić information content (AvgIpc) is 3.27. The normalized spacial score (nSPS) is 15.4. The number of hydrogen-bond acceptors (Lipinski definition) is 12. The third kappa shape index (κ3) is 12.3. The molecule has 2 fully saturated rings. The molecule has 67 heavy (non-hydrogen) atoms. The third-order valence-electron chi connectivity index (χ3n) is 11.9. The monoisotopic (exact) mass is 932 g/mol. The third-order valence-corrected chi connectivity index (χ3v) is 11.9. The zero-order valence-corrected chi connectivity index (χ0v) is 40.7. The van der Waals surface area contributed by atoms with Crippen LogP contribution in [0.3, 0.4) is 0 Å². The van der Waals surface area contributed by atoms with E-state index < -0.39 is 12.2 Å². The van der Waals surface area contributed by atoms with E-state index in [1.54, 1.807) is 34.1 Å². The Kier molecular flexibility index (Phi) is 15.6. The molecule has 0 saturated carbocycles. The molecule has 356 valence electrons. The molecule has 0 aliphatic carbocycles. The summed E-state index contributed by atoms with van der Waals surface area (Å²) in [4.78, 5) is 52.4. The van der Waals surface area contributed by atoms with Gasteiger partial charge in [-0.1, -0.05) is 77.9 Å². The largest absolute Gasteiger partial charge is 0.507 e. The number of fused-ring (bicyclic) bond motifs is 2. The molecule has 0 unspecified atom stereocenters. The van der Waals surface area contributed by atoms with Crippen molar-refractivity contribution < 1.29 is 30.0 Å². The van der Waals surface area contributed by atoms with Gasteiger partial charge in [-0.25, -0.2) is 19.9 Å². The maximum Gasteiger partial charge on any atom is 0.251 e. The van der Waals surface area contributed by atoms with Crippen molar-refractivity contribution in [2.75, 3.05) is 62.2 Å². The van der Waals surface area contributed by atoms with Gasteiger partial charge in [-0.2, -0.15) is 0 Å². The summed E-state index contributed by atoms with van der Waals surface area (Å²) in [5.41, 5.74) is 4.76. The highest BCUT2D eigenvalue weighted by Crippen LogP contribution is 2.35. The first kappa shape index (κ1) is 50.3. The van der Waals surface area contributed by atoms with Gasteiger partial charge in [-0.05, 0) is 97.2 Å². The number of phenolic OH excluding ortho intramolecular Hbond substituents is 2. The lowest BCUT2D eigenvalue weighted by Gasteiger charge is -2.37. The smallest absolute Gasteiger partial charge is 0.251 e. The van der Waals surface area contributed by atoms with Crippen molar-refractivity contribution >= 4 is 57.7 Å². The molecule has 6 aromatic rings. The Balaban J connectivity index is 0.000000218. The molecule has 2 aliphatic rings. The number of hydrogen-bond donors (Lipinski definition) is 4. The number of rotatable bonds is 8. The van der Waals surface area contributed by atoms with Crippen LogP contribution in [-0.2, 0) is 9.59 Å². The number of carbonyl (C=O) groups is 2. The fraction of sp³-hybridized carbons (Fsp3) is 0.423. The molecule has 2 saturated heterocycles. The second kappa shape index (κ2) is 20.8. The summed E-state index contributed by atoms with van der Waals surface area (Å²) in [5, 5.41) is 43.4. The van der Waals surface area contributed by atoms with Gasteiger partial charge in [-0.15, -0.1) is 12.4 Å². The number of anilines is 2. The van der Waals surface area contributed by atoms with Crippen LogP contribution >= 0.6 is 12.4 Å². The van der Waals surface area contributed by atoms with Gasteiger partial charge < -0.3 is 40.0 Å². The predicted molar refractivity (Wildman–Crippen MR) is 268 cm³/mol. The highest BCUT2D eigenvalue weighted by Gasteiger charge is 2.32. The SMILES string of the molecule is Cc1ccc2c(N3CCN(C(=O)[C@H](O)CC(C)(C)C)CC3)nc(-c3ccccc3O)nc2c1.Cc1ccc2c(N3CCN(C(=O)[C@H](O)CC(C)(C)C)CC3)nc(-c3ccccc3O)nc2c1.Cl. The van der Waals surface area contributed by atoms with E-state index in [9.17, 15) is 30.0 Å². The van der Waals surface area contributed by atoms with E-state index in [1.165, 1.54) is 0 Å². The Morgan fingerprint density at radius 1 is 0.537 bits per heavy atom. The maximum atomic E-state index is 12.7. The number of aliphatic hydroxyl groups excluding tert-OH is 2. The number of amides is 2. The van der Waals surface area contributed by atoms with Gasteiger partial charge in [0, 0.05) is 63.1 Å². The first-order chi connectivity index (χ1) is 31.2. The van der Waals surface area contributed by atoms with Crippen LogP contribution in [0, 0.1) is 24.7 Å². The summed E-state index contributed by atoms with van der Waals surface area (Å²) < 4.78 is 0. The lowest BCUT2D eigenvalue weighted by atomic mass is 9.89. The van der Waals surface area contributed by atoms with E-state index in [4.69, 9.17) is 19.9 Å². The molecule has 15 heteroatoms. The van der Waals surface area contributed by atoms with E-state index in [2.05, 4.69) is 9.80 Å². The number of aromatic hydroxyl groups is 2. The van der Waals surface area contributed by atoms with Crippen molar-refractivity contribution in [3.8, 4) is 34.3 Å². The topological polar surface area (TPSA) is 180 Å². The first-order valence-electron chi connectivity index (χ1n) is 22.8. The van der Waals surface area contributed by atoms with E-state index in [1.807, 2.05) is 116 Å². The molecule has 4 aromatic carbocycles. The second-order valence-corrected chi connectivity index (χ2v) is 20.0. The molecule has 2 aromatic heterocycles.